The second kappa shape index (κ2) is 7.90. The number of hydrogen-bond donors (Lipinski definition) is 1. The van der Waals surface area contributed by atoms with Crippen LogP contribution in [0.2, 0.25) is 5.02 Å². The summed E-state index contributed by atoms with van der Waals surface area (Å²) < 4.78 is 0. The highest BCUT2D eigenvalue weighted by atomic mass is 35.5. The average Bonchev–Trinajstić information content (AvgIpc) is 2.72. The van der Waals surface area contributed by atoms with E-state index in [1.54, 1.807) is 12.1 Å². The monoisotopic (exact) mass is 310 g/mol. The van der Waals surface area contributed by atoms with Gasteiger partial charge >= 0.3 is 0 Å². The Bertz CT molecular complexity index is 481. The molecule has 0 aromatic heterocycles. The Morgan fingerprint density at radius 3 is 2.86 bits per heavy atom. The van der Waals surface area contributed by atoms with Crippen molar-refractivity contribution < 1.29 is 9.90 Å². The lowest BCUT2D eigenvalue weighted by molar-refractivity contribution is 0.0841. The summed E-state index contributed by atoms with van der Waals surface area (Å²) in [4.78, 5) is 17.0. The molecule has 1 aromatic rings. The van der Waals surface area contributed by atoms with E-state index in [1.807, 2.05) is 19.1 Å². The number of hydrogen-bond acceptors (Lipinski definition) is 4. The van der Waals surface area contributed by atoms with Gasteiger partial charge in [0.1, 0.15) is 0 Å². The highest BCUT2D eigenvalue weighted by Crippen LogP contribution is 2.16. The minimum absolute atomic E-state index is 0.119. The van der Waals surface area contributed by atoms with Crippen molar-refractivity contribution in [1.82, 2.24) is 9.80 Å². The molecular formula is C16H23ClN2O2. The van der Waals surface area contributed by atoms with Gasteiger partial charge < -0.3 is 5.11 Å². The Labute approximate surface area is 131 Å². The molecule has 5 heteroatoms. The molecule has 116 valence electrons. The molecule has 0 saturated carbocycles. The maximum atomic E-state index is 12.6. The van der Waals surface area contributed by atoms with Crippen molar-refractivity contribution in [1.29, 1.82) is 0 Å². The number of Topliss-reactive ketones (excluding diaryl/α,β-unsaturated/α-hetero) is 1. The predicted molar refractivity (Wildman–Crippen MR) is 85.0 cm³/mol. The highest BCUT2D eigenvalue weighted by Gasteiger charge is 2.24. The van der Waals surface area contributed by atoms with E-state index >= 15 is 0 Å². The van der Waals surface area contributed by atoms with E-state index in [0.717, 1.165) is 32.6 Å². The molecule has 0 aliphatic carbocycles. The third-order valence-electron chi connectivity index (χ3n) is 4.08. The topological polar surface area (TPSA) is 43.8 Å². The van der Waals surface area contributed by atoms with Crippen LogP contribution < -0.4 is 0 Å². The Kier molecular flexibility index (Phi) is 6.18. The standard InChI is InChI=1S/C16H23ClN2O2/c1-13(16(21)14-4-2-5-15(17)12-14)19-7-3-6-18(8-9-19)10-11-20/h2,4-5,12-13,20H,3,6-11H2,1H3. The van der Waals surface area contributed by atoms with Crippen molar-refractivity contribution in [3.05, 3.63) is 34.9 Å². The summed E-state index contributed by atoms with van der Waals surface area (Å²) in [5.74, 6) is 0.119. The maximum absolute atomic E-state index is 12.6. The molecule has 1 unspecified atom stereocenters. The lowest BCUT2D eigenvalue weighted by Gasteiger charge is -2.26. The minimum atomic E-state index is -0.141. The number of ketones is 1. The summed E-state index contributed by atoms with van der Waals surface area (Å²) in [6, 6.07) is 7.00. The molecule has 1 N–H and O–H groups in total. The number of carbonyl (C=O) groups excluding carboxylic acids is 1. The fourth-order valence-electron chi connectivity index (χ4n) is 2.79. The van der Waals surface area contributed by atoms with Gasteiger partial charge in [-0.05, 0) is 32.0 Å². The van der Waals surface area contributed by atoms with Gasteiger partial charge in [0.05, 0.1) is 12.6 Å². The van der Waals surface area contributed by atoms with Gasteiger partial charge in [0.15, 0.2) is 5.78 Å². The van der Waals surface area contributed by atoms with Gasteiger partial charge in [-0.2, -0.15) is 0 Å². The van der Waals surface area contributed by atoms with Crippen molar-refractivity contribution in [2.45, 2.75) is 19.4 Å². The van der Waals surface area contributed by atoms with E-state index in [2.05, 4.69) is 9.80 Å². The summed E-state index contributed by atoms with van der Waals surface area (Å²) in [7, 11) is 0. The molecule has 1 aliphatic rings. The summed E-state index contributed by atoms with van der Waals surface area (Å²) in [5, 5.41) is 9.62. The molecule has 1 aromatic carbocycles. The summed E-state index contributed by atoms with van der Waals surface area (Å²) >= 11 is 5.96. The summed E-state index contributed by atoms with van der Waals surface area (Å²) in [6.45, 7) is 6.51. The number of aliphatic hydroxyl groups excluding tert-OH is 1. The molecule has 0 bridgehead atoms. The summed E-state index contributed by atoms with van der Waals surface area (Å²) in [6.07, 6.45) is 1.02. The zero-order valence-corrected chi connectivity index (χ0v) is 13.2. The van der Waals surface area contributed by atoms with Crippen LogP contribution in [0.15, 0.2) is 24.3 Å². The molecule has 21 heavy (non-hydrogen) atoms. The number of nitrogens with zero attached hydrogens (tertiary/aromatic N) is 2. The van der Waals surface area contributed by atoms with Gasteiger partial charge in [0.2, 0.25) is 0 Å². The lowest BCUT2D eigenvalue weighted by Crippen LogP contribution is -2.41. The number of halogens is 1. The summed E-state index contributed by atoms with van der Waals surface area (Å²) in [5.41, 5.74) is 0.673. The van der Waals surface area contributed by atoms with Crippen LogP contribution in [0, 0.1) is 0 Å². The van der Waals surface area contributed by atoms with Crippen LogP contribution in [0.3, 0.4) is 0 Å². The minimum Gasteiger partial charge on any atom is -0.395 e. The second-order valence-corrected chi connectivity index (χ2v) is 5.94. The van der Waals surface area contributed by atoms with Crippen LogP contribution in [-0.4, -0.2) is 66.1 Å². The Hall–Kier alpha value is -0.940. The van der Waals surface area contributed by atoms with E-state index in [9.17, 15) is 4.79 Å². The normalized spacial score (nSPS) is 19.2. The van der Waals surface area contributed by atoms with Crippen molar-refractivity contribution in [3.8, 4) is 0 Å². The number of carbonyl (C=O) groups is 1. The number of benzene rings is 1. The second-order valence-electron chi connectivity index (χ2n) is 5.51. The van der Waals surface area contributed by atoms with E-state index in [-0.39, 0.29) is 18.4 Å². The quantitative estimate of drug-likeness (QED) is 0.844. The van der Waals surface area contributed by atoms with Crippen LogP contribution in [0.4, 0.5) is 0 Å². The molecule has 1 fully saturated rings. The van der Waals surface area contributed by atoms with Gasteiger partial charge in [-0.1, -0.05) is 23.7 Å². The first kappa shape index (κ1) is 16.4. The largest absolute Gasteiger partial charge is 0.395 e. The van der Waals surface area contributed by atoms with Gasteiger partial charge in [0.25, 0.3) is 0 Å². The van der Waals surface area contributed by atoms with Crippen LogP contribution in [0.5, 0.6) is 0 Å². The van der Waals surface area contributed by atoms with Gasteiger partial charge in [-0.15, -0.1) is 0 Å². The van der Waals surface area contributed by atoms with Crippen LogP contribution >= 0.6 is 11.6 Å². The molecular weight excluding hydrogens is 288 g/mol. The molecule has 0 amide bonds. The molecule has 2 rings (SSSR count). The first-order valence-corrected chi connectivity index (χ1v) is 7.86. The van der Waals surface area contributed by atoms with Crippen LogP contribution in [0.25, 0.3) is 0 Å². The number of β-amino-alcohol motifs (C(OH)–C–C–N with tert-alkyl or cyclic N) is 1. The molecule has 0 radical (unpaired) electrons. The van der Waals surface area contributed by atoms with Crippen molar-refractivity contribution in [2.24, 2.45) is 0 Å². The van der Waals surface area contributed by atoms with Crippen molar-refractivity contribution >= 4 is 17.4 Å². The number of rotatable bonds is 5. The zero-order valence-electron chi connectivity index (χ0n) is 12.5. The Morgan fingerprint density at radius 1 is 1.33 bits per heavy atom. The molecule has 1 atom stereocenters. The van der Waals surface area contributed by atoms with Crippen molar-refractivity contribution in [3.63, 3.8) is 0 Å². The Balaban J connectivity index is 1.99. The molecule has 4 nitrogen and oxygen atoms in total. The zero-order chi connectivity index (χ0) is 15.2. The van der Waals surface area contributed by atoms with E-state index in [1.165, 1.54) is 0 Å². The Morgan fingerprint density at radius 2 is 2.14 bits per heavy atom. The molecule has 1 saturated heterocycles. The van der Waals surface area contributed by atoms with Gasteiger partial charge in [-0.3, -0.25) is 14.6 Å². The lowest BCUT2D eigenvalue weighted by atomic mass is 10.0. The van der Waals surface area contributed by atoms with Crippen LogP contribution in [0.1, 0.15) is 23.7 Å². The van der Waals surface area contributed by atoms with Gasteiger partial charge in [-0.25, -0.2) is 0 Å². The van der Waals surface area contributed by atoms with Crippen molar-refractivity contribution in [2.75, 3.05) is 39.3 Å². The molecule has 1 heterocycles. The number of aliphatic hydroxyl groups is 1. The first-order chi connectivity index (χ1) is 10.1. The van der Waals surface area contributed by atoms with E-state index in [0.29, 0.717) is 17.1 Å². The average molecular weight is 311 g/mol. The third-order valence-corrected chi connectivity index (χ3v) is 4.31. The highest BCUT2D eigenvalue weighted by molar-refractivity contribution is 6.31. The van der Waals surface area contributed by atoms with Crippen LogP contribution in [-0.2, 0) is 0 Å². The molecule has 1 aliphatic heterocycles. The van der Waals surface area contributed by atoms with E-state index < -0.39 is 0 Å². The fourth-order valence-corrected chi connectivity index (χ4v) is 2.98. The third kappa shape index (κ3) is 4.51. The molecule has 0 spiro atoms. The SMILES string of the molecule is CC(C(=O)c1cccc(Cl)c1)N1CCCN(CCO)CC1. The fraction of sp³-hybridized carbons (Fsp3) is 0.562. The predicted octanol–water partition coefficient (Wildman–Crippen LogP) is 1.91. The first-order valence-electron chi connectivity index (χ1n) is 7.49. The van der Waals surface area contributed by atoms with E-state index in [4.69, 9.17) is 16.7 Å². The maximum Gasteiger partial charge on any atom is 0.179 e. The van der Waals surface area contributed by atoms with Gasteiger partial charge in [0, 0.05) is 36.8 Å². The smallest absolute Gasteiger partial charge is 0.179 e.